The Morgan fingerprint density at radius 2 is 2.06 bits per heavy atom. The maximum absolute atomic E-state index is 11.3. The number of amides is 1. The van der Waals surface area contributed by atoms with Gasteiger partial charge in [-0.3, -0.25) is 9.69 Å². The van der Waals surface area contributed by atoms with E-state index in [1.165, 1.54) is 12.8 Å². The van der Waals surface area contributed by atoms with Gasteiger partial charge >= 0.3 is 0 Å². The molecule has 0 aromatic heterocycles. The SMILES string of the molecule is CC1CCC(C)N(C(C)CC(C)(N)C(N)=O)C1. The van der Waals surface area contributed by atoms with E-state index in [0.717, 1.165) is 12.5 Å². The molecular weight excluding hydrogens is 214 g/mol. The first-order chi connectivity index (χ1) is 7.74. The van der Waals surface area contributed by atoms with Crippen LogP contribution in [0.3, 0.4) is 0 Å². The summed E-state index contributed by atoms with van der Waals surface area (Å²) in [6.45, 7) is 9.49. The minimum atomic E-state index is -0.903. The minimum Gasteiger partial charge on any atom is -0.368 e. The van der Waals surface area contributed by atoms with E-state index in [4.69, 9.17) is 11.5 Å². The van der Waals surface area contributed by atoms with Crippen LogP contribution in [0.4, 0.5) is 0 Å². The number of piperidine rings is 1. The highest BCUT2D eigenvalue weighted by Gasteiger charge is 2.33. The van der Waals surface area contributed by atoms with Crippen molar-refractivity contribution in [3.63, 3.8) is 0 Å². The second-order valence-electron chi connectivity index (χ2n) is 6.06. The van der Waals surface area contributed by atoms with Gasteiger partial charge < -0.3 is 11.5 Å². The molecule has 1 heterocycles. The van der Waals surface area contributed by atoms with Crippen LogP contribution in [0.25, 0.3) is 0 Å². The normalized spacial score (nSPS) is 31.8. The molecule has 1 fully saturated rings. The first-order valence-electron chi connectivity index (χ1n) is 6.58. The van der Waals surface area contributed by atoms with Gasteiger partial charge in [0.15, 0.2) is 0 Å². The van der Waals surface area contributed by atoms with Gasteiger partial charge in [0.1, 0.15) is 0 Å². The van der Waals surface area contributed by atoms with E-state index in [2.05, 4.69) is 25.7 Å². The van der Waals surface area contributed by atoms with Gasteiger partial charge in [-0.25, -0.2) is 0 Å². The van der Waals surface area contributed by atoms with Gasteiger partial charge in [-0.1, -0.05) is 6.92 Å². The van der Waals surface area contributed by atoms with Crippen LogP contribution in [0, 0.1) is 5.92 Å². The summed E-state index contributed by atoms with van der Waals surface area (Å²) in [4.78, 5) is 13.7. The van der Waals surface area contributed by atoms with Crippen LogP contribution in [0.2, 0.25) is 0 Å². The second-order valence-corrected chi connectivity index (χ2v) is 6.06. The fourth-order valence-corrected chi connectivity index (χ4v) is 2.77. The van der Waals surface area contributed by atoms with Gasteiger partial charge in [0, 0.05) is 18.6 Å². The lowest BCUT2D eigenvalue weighted by Crippen LogP contribution is -2.55. The highest BCUT2D eigenvalue weighted by atomic mass is 16.1. The van der Waals surface area contributed by atoms with Crippen molar-refractivity contribution < 1.29 is 4.79 Å². The molecule has 1 aliphatic rings. The number of hydrogen-bond donors (Lipinski definition) is 2. The summed E-state index contributed by atoms with van der Waals surface area (Å²) in [5.74, 6) is 0.313. The Kier molecular flexibility index (Phi) is 4.55. The monoisotopic (exact) mass is 241 g/mol. The zero-order valence-electron chi connectivity index (χ0n) is 11.6. The number of carbonyl (C=O) groups excluding carboxylic acids is 1. The van der Waals surface area contributed by atoms with Crippen molar-refractivity contribution in [2.45, 2.75) is 64.6 Å². The largest absolute Gasteiger partial charge is 0.368 e. The van der Waals surface area contributed by atoms with Crippen molar-refractivity contribution in [2.75, 3.05) is 6.54 Å². The Labute approximate surface area is 105 Å². The lowest BCUT2D eigenvalue weighted by molar-refractivity contribution is -0.123. The third kappa shape index (κ3) is 3.68. The van der Waals surface area contributed by atoms with Crippen LogP contribution in [-0.2, 0) is 4.79 Å². The van der Waals surface area contributed by atoms with Crippen LogP contribution in [-0.4, -0.2) is 35.0 Å². The average molecular weight is 241 g/mol. The van der Waals surface area contributed by atoms with E-state index in [0.29, 0.717) is 18.5 Å². The Bertz CT molecular complexity index is 278. The van der Waals surface area contributed by atoms with Crippen LogP contribution >= 0.6 is 0 Å². The maximum Gasteiger partial charge on any atom is 0.237 e. The molecule has 1 rings (SSSR count). The molecule has 0 aromatic rings. The number of likely N-dealkylation sites (tertiary alicyclic amines) is 1. The summed E-state index contributed by atoms with van der Waals surface area (Å²) in [7, 11) is 0. The van der Waals surface area contributed by atoms with Crippen LogP contribution < -0.4 is 11.5 Å². The van der Waals surface area contributed by atoms with Crippen LogP contribution in [0.15, 0.2) is 0 Å². The van der Waals surface area contributed by atoms with Gasteiger partial charge in [-0.2, -0.15) is 0 Å². The molecule has 0 spiro atoms. The molecule has 4 heteroatoms. The summed E-state index contributed by atoms with van der Waals surface area (Å²) >= 11 is 0. The van der Waals surface area contributed by atoms with Crippen molar-refractivity contribution >= 4 is 5.91 Å². The van der Waals surface area contributed by atoms with Crippen LogP contribution in [0.1, 0.15) is 47.0 Å². The third-order valence-electron chi connectivity index (χ3n) is 4.01. The molecule has 0 aliphatic carbocycles. The molecule has 0 aromatic carbocycles. The zero-order chi connectivity index (χ0) is 13.2. The number of primary amides is 1. The highest BCUT2D eigenvalue weighted by molar-refractivity contribution is 5.83. The summed E-state index contributed by atoms with van der Waals surface area (Å²) < 4.78 is 0. The molecule has 100 valence electrons. The van der Waals surface area contributed by atoms with Gasteiger partial charge in [0.05, 0.1) is 5.54 Å². The lowest BCUT2D eigenvalue weighted by atomic mass is 9.89. The van der Waals surface area contributed by atoms with E-state index in [-0.39, 0.29) is 0 Å². The molecule has 17 heavy (non-hydrogen) atoms. The van der Waals surface area contributed by atoms with Gasteiger partial charge in [-0.05, 0) is 46.0 Å². The molecule has 0 bridgehead atoms. The van der Waals surface area contributed by atoms with Crippen molar-refractivity contribution in [1.82, 2.24) is 4.90 Å². The van der Waals surface area contributed by atoms with Crippen molar-refractivity contribution in [1.29, 1.82) is 0 Å². The van der Waals surface area contributed by atoms with Crippen LogP contribution in [0.5, 0.6) is 0 Å². The van der Waals surface area contributed by atoms with E-state index in [9.17, 15) is 4.79 Å². The first kappa shape index (κ1) is 14.5. The summed E-state index contributed by atoms with van der Waals surface area (Å²) in [6, 6.07) is 0.875. The third-order valence-corrected chi connectivity index (χ3v) is 4.01. The van der Waals surface area contributed by atoms with E-state index < -0.39 is 11.4 Å². The minimum absolute atomic E-state index is 0.301. The number of hydrogen-bond acceptors (Lipinski definition) is 3. The van der Waals surface area contributed by atoms with Crippen molar-refractivity contribution in [3.05, 3.63) is 0 Å². The van der Waals surface area contributed by atoms with Gasteiger partial charge in [0.2, 0.25) is 5.91 Å². The molecule has 1 aliphatic heterocycles. The standard InChI is InChI=1S/C13H27N3O/c1-9-5-6-10(2)16(8-9)11(3)7-13(4,15)12(14)17/h9-11H,5-8,15H2,1-4H3,(H2,14,17). The Balaban J connectivity index is 2.62. The van der Waals surface area contributed by atoms with E-state index in [1.807, 2.05) is 0 Å². The summed E-state index contributed by atoms with van der Waals surface area (Å²) in [5.41, 5.74) is 10.4. The number of nitrogens with zero attached hydrogens (tertiary/aromatic N) is 1. The van der Waals surface area contributed by atoms with Gasteiger partial charge in [-0.15, -0.1) is 0 Å². The van der Waals surface area contributed by atoms with E-state index in [1.54, 1.807) is 6.92 Å². The summed E-state index contributed by atoms with van der Waals surface area (Å²) in [5, 5.41) is 0. The maximum atomic E-state index is 11.3. The number of rotatable bonds is 4. The Hall–Kier alpha value is -0.610. The average Bonchev–Trinajstić information content (AvgIpc) is 2.20. The predicted molar refractivity (Wildman–Crippen MR) is 70.4 cm³/mol. The fraction of sp³-hybridized carbons (Fsp3) is 0.923. The van der Waals surface area contributed by atoms with Gasteiger partial charge in [0.25, 0.3) is 0 Å². The molecular formula is C13H27N3O. The quantitative estimate of drug-likeness (QED) is 0.774. The number of nitrogens with two attached hydrogens (primary N) is 2. The zero-order valence-corrected chi connectivity index (χ0v) is 11.6. The molecule has 0 radical (unpaired) electrons. The molecule has 1 saturated heterocycles. The molecule has 4 unspecified atom stereocenters. The smallest absolute Gasteiger partial charge is 0.237 e. The molecule has 4 N–H and O–H groups in total. The first-order valence-corrected chi connectivity index (χ1v) is 6.58. The molecule has 4 nitrogen and oxygen atoms in total. The van der Waals surface area contributed by atoms with E-state index >= 15 is 0 Å². The molecule has 4 atom stereocenters. The lowest BCUT2D eigenvalue weighted by Gasteiger charge is -2.42. The summed E-state index contributed by atoms with van der Waals surface area (Å²) in [6.07, 6.45) is 3.14. The topological polar surface area (TPSA) is 72.3 Å². The Morgan fingerprint density at radius 1 is 1.47 bits per heavy atom. The fourth-order valence-electron chi connectivity index (χ4n) is 2.77. The van der Waals surface area contributed by atoms with Crippen molar-refractivity contribution in [2.24, 2.45) is 17.4 Å². The second kappa shape index (κ2) is 5.36. The predicted octanol–water partition coefficient (Wildman–Crippen LogP) is 1.09. The Morgan fingerprint density at radius 3 is 2.59 bits per heavy atom. The highest BCUT2D eigenvalue weighted by Crippen LogP contribution is 2.26. The molecule has 0 saturated carbocycles. The van der Waals surface area contributed by atoms with Crippen molar-refractivity contribution in [3.8, 4) is 0 Å². The molecule has 1 amide bonds. The number of carbonyl (C=O) groups is 1.